The Labute approximate surface area is 95.9 Å². The van der Waals surface area contributed by atoms with Crippen LogP contribution >= 0.6 is 11.8 Å². The minimum absolute atomic E-state index is 0.104. The molecule has 0 saturated carbocycles. The van der Waals surface area contributed by atoms with E-state index in [0.29, 0.717) is 5.75 Å². The molecule has 3 rings (SSSR count). The molecule has 1 N–H and O–H groups in total. The van der Waals surface area contributed by atoms with Crippen LogP contribution in [-0.4, -0.2) is 20.6 Å². The number of fused-ring (bicyclic) bond motifs is 3. The van der Waals surface area contributed by atoms with Crippen LogP contribution in [0.3, 0.4) is 0 Å². The number of imidazole rings is 1. The van der Waals surface area contributed by atoms with E-state index in [-0.39, 0.29) is 5.69 Å². The highest BCUT2D eigenvalue weighted by Crippen LogP contribution is 2.34. The van der Waals surface area contributed by atoms with Gasteiger partial charge in [0.1, 0.15) is 5.82 Å². The van der Waals surface area contributed by atoms with Crippen molar-refractivity contribution in [2.24, 2.45) is 0 Å². The second-order valence-electron chi connectivity index (χ2n) is 3.47. The molecule has 2 aromatic rings. The van der Waals surface area contributed by atoms with Crippen molar-refractivity contribution in [3.05, 3.63) is 42.0 Å². The molecular formula is C11H8N2O2S. The summed E-state index contributed by atoms with van der Waals surface area (Å²) in [6.45, 7) is 0. The summed E-state index contributed by atoms with van der Waals surface area (Å²) in [6, 6.07) is 7.92. The van der Waals surface area contributed by atoms with E-state index in [4.69, 9.17) is 5.11 Å². The van der Waals surface area contributed by atoms with Crippen LogP contribution in [0.1, 0.15) is 16.3 Å². The van der Waals surface area contributed by atoms with Crippen molar-refractivity contribution in [1.29, 1.82) is 0 Å². The van der Waals surface area contributed by atoms with Crippen molar-refractivity contribution in [3.8, 4) is 5.69 Å². The van der Waals surface area contributed by atoms with Crippen molar-refractivity contribution in [1.82, 2.24) is 9.55 Å². The Morgan fingerprint density at radius 2 is 2.25 bits per heavy atom. The summed E-state index contributed by atoms with van der Waals surface area (Å²) in [4.78, 5) is 16.1. The van der Waals surface area contributed by atoms with Gasteiger partial charge in [0, 0.05) is 11.1 Å². The summed E-state index contributed by atoms with van der Waals surface area (Å²) < 4.78 is 1.86. The van der Waals surface area contributed by atoms with Gasteiger partial charge in [0.25, 0.3) is 0 Å². The molecule has 0 fully saturated rings. The number of carbonyl (C=O) groups is 1. The predicted molar refractivity (Wildman–Crippen MR) is 60.1 cm³/mol. The first kappa shape index (κ1) is 9.47. The zero-order valence-corrected chi connectivity index (χ0v) is 9.07. The van der Waals surface area contributed by atoms with Crippen molar-refractivity contribution in [2.75, 3.05) is 0 Å². The summed E-state index contributed by atoms with van der Waals surface area (Å²) in [5, 5.41) is 8.90. The van der Waals surface area contributed by atoms with Crippen LogP contribution in [-0.2, 0) is 5.75 Å². The van der Waals surface area contributed by atoms with Gasteiger partial charge in [-0.2, -0.15) is 0 Å². The van der Waals surface area contributed by atoms with Crippen LogP contribution in [0.25, 0.3) is 5.69 Å². The van der Waals surface area contributed by atoms with Crippen LogP contribution < -0.4 is 0 Å². The minimum Gasteiger partial charge on any atom is -0.476 e. The molecule has 1 aromatic heterocycles. The van der Waals surface area contributed by atoms with E-state index in [1.807, 2.05) is 28.8 Å². The Hall–Kier alpha value is -1.75. The minimum atomic E-state index is -0.982. The molecule has 4 nitrogen and oxygen atoms in total. The van der Waals surface area contributed by atoms with Crippen LogP contribution in [0.4, 0.5) is 0 Å². The number of rotatable bonds is 1. The largest absolute Gasteiger partial charge is 0.476 e. The van der Waals surface area contributed by atoms with Crippen molar-refractivity contribution in [3.63, 3.8) is 0 Å². The first-order valence-corrected chi connectivity index (χ1v) is 5.78. The molecule has 2 heterocycles. The molecule has 0 unspecified atom stereocenters. The van der Waals surface area contributed by atoms with Gasteiger partial charge in [-0.1, -0.05) is 12.1 Å². The monoisotopic (exact) mass is 232 g/mol. The van der Waals surface area contributed by atoms with Gasteiger partial charge in [-0.15, -0.1) is 11.8 Å². The van der Waals surface area contributed by atoms with E-state index in [9.17, 15) is 4.79 Å². The molecule has 5 heteroatoms. The van der Waals surface area contributed by atoms with E-state index in [0.717, 1.165) is 16.4 Å². The zero-order valence-electron chi connectivity index (χ0n) is 8.25. The number of nitrogens with zero attached hydrogens (tertiary/aromatic N) is 2. The lowest BCUT2D eigenvalue weighted by Crippen LogP contribution is -2.04. The lowest BCUT2D eigenvalue weighted by atomic mass is 10.3. The lowest BCUT2D eigenvalue weighted by Gasteiger charge is -2.16. The Morgan fingerprint density at radius 3 is 3.06 bits per heavy atom. The van der Waals surface area contributed by atoms with Gasteiger partial charge in [0.05, 0.1) is 11.4 Å². The van der Waals surface area contributed by atoms with Crippen LogP contribution in [0, 0.1) is 0 Å². The second-order valence-corrected chi connectivity index (χ2v) is 4.49. The third-order valence-electron chi connectivity index (χ3n) is 2.48. The molecule has 0 amide bonds. The molecule has 16 heavy (non-hydrogen) atoms. The summed E-state index contributed by atoms with van der Waals surface area (Å²) >= 11 is 1.68. The van der Waals surface area contributed by atoms with Crippen LogP contribution in [0.15, 0.2) is 35.4 Å². The molecule has 0 bridgehead atoms. The Bertz CT molecular complexity index is 577. The van der Waals surface area contributed by atoms with E-state index in [1.54, 1.807) is 18.0 Å². The molecule has 0 atom stereocenters. The average Bonchev–Trinajstić information content (AvgIpc) is 2.73. The Balaban J connectivity index is 2.20. The topological polar surface area (TPSA) is 55.1 Å². The molecule has 0 spiro atoms. The second kappa shape index (κ2) is 3.38. The number of hydrogen-bond donors (Lipinski definition) is 1. The number of carboxylic acids is 1. The number of para-hydroxylation sites is 1. The molecule has 1 aliphatic rings. The van der Waals surface area contributed by atoms with Gasteiger partial charge in [0.15, 0.2) is 5.69 Å². The smallest absolute Gasteiger partial charge is 0.356 e. The quantitative estimate of drug-likeness (QED) is 0.818. The first-order chi connectivity index (χ1) is 7.75. The zero-order chi connectivity index (χ0) is 11.1. The molecule has 1 aromatic carbocycles. The number of aromatic nitrogens is 2. The third-order valence-corrected chi connectivity index (χ3v) is 3.54. The Kier molecular flexibility index (Phi) is 2.00. The van der Waals surface area contributed by atoms with Gasteiger partial charge in [0.2, 0.25) is 0 Å². The normalized spacial score (nSPS) is 13.0. The summed E-state index contributed by atoms with van der Waals surface area (Å²) in [7, 11) is 0. The van der Waals surface area contributed by atoms with Crippen molar-refractivity contribution < 1.29 is 9.90 Å². The molecular weight excluding hydrogens is 224 g/mol. The number of aromatic carboxylic acids is 1. The third kappa shape index (κ3) is 1.32. The standard InChI is InChI=1S/C11H8N2O2S/c14-11(15)7-5-13-8-3-1-2-4-9(8)16-6-10(13)12-7/h1-5H,6H2,(H,14,15). The molecule has 80 valence electrons. The Morgan fingerprint density at radius 1 is 1.44 bits per heavy atom. The van der Waals surface area contributed by atoms with Crippen molar-refractivity contribution in [2.45, 2.75) is 10.6 Å². The highest BCUT2D eigenvalue weighted by Gasteiger charge is 2.20. The fourth-order valence-electron chi connectivity index (χ4n) is 1.75. The predicted octanol–water partition coefficient (Wildman–Crippen LogP) is 2.18. The van der Waals surface area contributed by atoms with E-state index in [1.165, 1.54) is 0 Å². The van der Waals surface area contributed by atoms with Crippen LogP contribution in [0.2, 0.25) is 0 Å². The van der Waals surface area contributed by atoms with Crippen LogP contribution in [0.5, 0.6) is 0 Å². The maximum atomic E-state index is 10.8. The van der Waals surface area contributed by atoms with E-state index in [2.05, 4.69) is 4.98 Å². The molecule has 0 radical (unpaired) electrons. The number of thioether (sulfide) groups is 1. The van der Waals surface area contributed by atoms with Gasteiger partial charge >= 0.3 is 5.97 Å². The van der Waals surface area contributed by atoms with Gasteiger partial charge in [-0.3, -0.25) is 0 Å². The van der Waals surface area contributed by atoms with Gasteiger partial charge in [-0.25, -0.2) is 9.78 Å². The first-order valence-electron chi connectivity index (χ1n) is 4.79. The maximum absolute atomic E-state index is 10.8. The number of benzene rings is 1. The van der Waals surface area contributed by atoms with Gasteiger partial charge in [-0.05, 0) is 12.1 Å². The van der Waals surface area contributed by atoms with E-state index < -0.39 is 5.97 Å². The highest BCUT2D eigenvalue weighted by molar-refractivity contribution is 7.98. The average molecular weight is 232 g/mol. The summed E-state index contributed by atoms with van der Waals surface area (Å²) in [5.41, 5.74) is 1.11. The summed E-state index contributed by atoms with van der Waals surface area (Å²) in [5.74, 6) is 0.523. The number of carboxylic acid groups (broad SMARTS) is 1. The fraction of sp³-hybridized carbons (Fsp3) is 0.0909. The van der Waals surface area contributed by atoms with Gasteiger partial charge < -0.3 is 9.67 Å². The number of hydrogen-bond acceptors (Lipinski definition) is 3. The molecule has 0 aliphatic carbocycles. The molecule has 0 saturated heterocycles. The van der Waals surface area contributed by atoms with E-state index >= 15 is 0 Å². The lowest BCUT2D eigenvalue weighted by molar-refractivity contribution is 0.0691. The fourth-order valence-corrected chi connectivity index (χ4v) is 2.73. The maximum Gasteiger partial charge on any atom is 0.356 e. The highest BCUT2D eigenvalue weighted by atomic mass is 32.2. The molecule has 1 aliphatic heterocycles. The summed E-state index contributed by atoms with van der Waals surface area (Å²) in [6.07, 6.45) is 1.58. The SMILES string of the molecule is O=C(O)c1cn2c(n1)CSc1ccccc1-2. The van der Waals surface area contributed by atoms with Crippen molar-refractivity contribution >= 4 is 17.7 Å².